The van der Waals surface area contributed by atoms with E-state index in [1.165, 1.54) is 7.11 Å². The predicted molar refractivity (Wildman–Crippen MR) is 95.4 cm³/mol. The maximum absolute atomic E-state index is 12.3. The number of likely N-dealkylation sites (tertiary alicyclic amines) is 1. The van der Waals surface area contributed by atoms with Crippen LogP contribution in [0.2, 0.25) is 0 Å². The van der Waals surface area contributed by atoms with Gasteiger partial charge in [0.05, 0.1) is 7.11 Å². The predicted octanol–water partition coefficient (Wildman–Crippen LogP) is 0.783. The minimum Gasteiger partial charge on any atom is -0.493 e. The highest BCUT2D eigenvalue weighted by molar-refractivity contribution is 5.92. The molecule has 136 valence electrons. The van der Waals surface area contributed by atoms with Crippen molar-refractivity contribution in [2.75, 3.05) is 33.9 Å². The van der Waals surface area contributed by atoms with Crippen molar-refractivity contribution in [2.24, 2.45) is 5.73 Å². The highest BCUT2D eigenvalue weighted by Gasteiger charge is 2.20. The van der Waals surface area contributed by atoms with Gasteiger partial charge >= 0.3 is 0 Å². The van der Waals surface area contributed by atoms with Crippen molar-refractivity contribution >= 4 is 17.9 Å². The normalized spacial score (nSPS) is 17.5. The third-order valence-electron chi connectivity index (χ3n) is 4.12. The van der Waals surface area contributed by atoms with E-state index in [2.05, 4.69) is 5.32 Å². The van der Waals surface area contributed by atoms with E-state index in [1.54, 1.807) is 30.4 Å². The van der Waals surface area contributed by atoms with Gasteiger partial charge in [-0.25, -0.2) is 0 Å². The number of likely N-dealkylation sites (N-methyl/N-ethyl adjacent to an activating group) is 1. The van der Waals surface area contributed by atoms with E-state index in [4.69, 9.17) is 15.2 Å². The quantitative estimate of drug-likeness (QED) is 0.711. The number of piperidine rings is 1. The molecule has 0 saturated carbocycles. The summed E-state index contributed by atoms with van der Waals surface area (Å²) in [7, 11) is 3.43. The van der Waals surface area contributed by atoms with Gasteiger partial charge in [0.2, 0.25) is 5.91 Å². The molecule has 1 aromatic rings. The molecule has 2 rings (SSSR count). The fourth-order valence-electron chi connectivity index (χ4n) is 2.74. The van der Waals surface area contributed by atoms with Crippen molar-refractivity contribution in [2.45, 2.75) is 18.9 Å². The van der Waals surface area contributed by atoms with Crippen molar-refractivity contribution in [3.05, 3.63) is 29.8 Å². The van der Waals surface area contributed by atoms with Gasteiger partial charge in [0.25, 0.3) is 5.91 Å². The molecule has 1 saturated heterocycles. The molecule has 1 atom stereocenters. The average Bonchev–Trinajstić information content (AvgIpc) is 2.64. The lowest BCUT2D eigenvalue weighted by Crippen LogP contribution is -2.46. The standard InChI is InChI=1S/C18H25N3O4/c1-20-14-4-3-9-21(11-14)18(23)8-6-13-5-7-15(16(10-13)24-2)25-12-17(19)22/h5-8,10,14,20H,3-4,9,11-12H2,1-2H3,(H2,19,22). The molecule has 0 aliphatic carbocycles. The molecule has 0 aromatic heterocycles. The first-order chi connectivity index (χ1) is 12.0. The average molecular weight is 347 g/mol. The Morgan fingerprint density at radius 2 is 2.20 bits per heavy atom. The van der Waals surface area contributed by atoms with E-state index in [1.807, 2.05) is 11.9 Å². The number of methoxy groups -OCH3 is 1. The Morgan fingerprint density at radius 1 is 1.40 bits per heavy atom. The van der Waals surface area contributed by atoms with Crippen molar-refractivity contribution in [3.63, 3.8) is 0 Å². The van der Waals surface area contributed by atoms with Crippen LogP contribution < -0.4 is 20.5 Å². The third kappa shape index (κ3) is 5.49. The second-order valence-electron chi connectivity index (χ2n) is 5.91. The molecule has 7 heteroatoms. The largest absolute Gasteiger partial charge is 0.493 e. The van der Waals surface area contributed by atoms with Crippen molar-refractivity contribution in [1.29, 1.82) is 0 Å². The Morgan fingerprint density at radius 3 is 2.88 bits per heavy atom. The van der Waals surface area contributed by atoms with Gasteiger partial charge in [0.1, 0.15) is 0 Å². The second-order valence-corrected chi connectivity index (χ2v) is 5.91. The first-order valence-electron chi connectivity index (χ1n) is 8.27. The summed E-state index contributed by atoms with van der Waals surface area (Å²) >= 11 is 0. The molecule has 0 bridgehead atoms. The molecule has 1 aliphatic heterocycles. The van der Waals surface area contributed by atoms with E-state index in [0.717, 1.165) is 31.5 Å². The molecule has 1 heterocycles. The summed E-state index contributed by atoms with van der Waals surface area (Å²) < 4.78 is 10.5. The monoisotopic (exact) mass is 347 g/mol. The zero-order chi connectivity index (χ0) is 18.2. The van der Waals surface area contributed by atoms with Crippen molar-refractivity contribution < 1.29 is 19.1 Å². The summed E-state index contributed by atoms with van der Waals surface area (Å²) in [5.41, 5.74) is 5.88. The van der Waals surface area contributed by atoms with Crippen LogP contribution in [0.25, 0.3) is 6.08 Å². The molecular formula is C18H25N3O4. The Kier molecular flexibility index (Phi) is 6.82. The summed E-state index contributed by atoms with van der Waals surface area (Å²) in [4.78, 5) is 25.0. The Balaban J connectivity index is 2.02. The molecule has 7 nitrogen and oxygen atoms in total. The Bertz CT molecular complexity index is 645. The highest BCUT2D eigenvalue weighted by Crippen LogP contribution is 2.28. The van der Waals surface area contributed by atoms with Crippen LogP contribution in [0.4, 0.5) is 0 Å². The summed E-state index contributed by atoms with van der Waals surface area (Å²) in [5.74, 6) is 0.340. The number of nitrogens with zero attached hydrogens (tertiary/aromatic N) is 1. The zero-order valence-electron chi connectivity index (χ0n) is 14.7. The van der Waals surface area contributed by atoms with Gasteiger partial charge in [-0.05, 0) is 43.7 Å². The van der Waals surface area contributed by atoms with Crippen LogP contribution >= 0.6 is 0 Å². The number of carbonyl (C=O) groups is 2. The lowest BCUT2D eigenvalue weighted by Gasteiger charge is -2.31. The molecule has 1 aliphatic rings. The molecule has 1 unspecified atom stereocenters. The summed E-state index contributed by atoms with van der Waals surface area (Å²) in [6.07, 6.45) is 5.40. The molecular weight excluding hydrogens is 322 g/mol. The molecule has 0 radical (unpaired) electrons. The first kappa shape index (κ1) is 18.8. The Labute approximate surface area is 147 Å². The van der Waals surface area contributed by atoms with Crippen LogP contribution in [0.15, 0.2) is 24.3 Å². The summed E-state index contributed by atoms with van der Waals surface area (Å²) in [6.45, 7) is 1.29. The van der Waals surface area contributed by atoms with E-state index in [-0.39, 0.29) is 12.5 Å². The number of ether oxygens (including phenoxy) is 2. The van der Waals surface area contributed by atoms with Gasteiger partial charge in [-0.1, -0.05) is 6.07 Å². The van der Waals surface area contributed by atoms with Crippen LogP contribution in [0.5, 0.6) is 11.5 Å². The van der Waals surface area contributed by atoms with Crippen LogP contribution in [0.3, 0.4) is 0 Å². The molecule has 1 aromatic carbocycles. The minimum absolute atomic E-state index is 0.00651. The number of nitrogens with one attached hydrogen (secondary N) is 1. The minimum atomic E-state index is -0.557. The number of hydrogen-bond donors (Lipinski definition) is 2. The number of hydrogen-bond acceptors (Lipinski definition) is 5. The molecule has 1 fully saturated rings. The van der Waals surface area contributed by atoms with Gasteiger partial charge in [0, 0.05) is 25.2 Å². The van der Waals surface area contributed by atoms with Crippen LogP contribution in [0.1, 0.15) is 18.4 Å². The number of amides is 2. The highest BCUT2D eigenvalue weighted by atomic mass is 16.5. The summed E-state index contributed by atoms with van der Waals surface area (Å²) in [6, 6.07) is 5.57. The smallest absolute Gasteiger partial charge is 0.255 e. The van der Waals surface area contributed by atoms with Gasteiger partial charge in [-0.2, -0.15) is 0 Å². The van der Waals surface area contributed by atoms with Crippen LogP contribution in [-0.4, -0.2) is 56.6 Å². The lowest BCUT2D eigenvalue weighted by atomic mass is 10.1. The zero-order valence-corrected chi connectivity index (χ0v) is 14.7. The SMILES string of the molecule is CNC1CCCN(C(=O)C=Cc2ccc(OCC(N)=O)c(OC)c2)C1. The number of carbonyl (C=O) groups excluding carboxylic acids is 2. The second kappa shape index (κ2) is 9.08. The number of benzene rings is 1. The Hall–Kier alpha value is -2.54. The molecule has 3 N–H and O–H groups in total. The van der Waals surface area contributed by atoms with Gasteiger partial charge in [0.15, 0.2) is 18.1 Å². The number of nitrogens with two attached hydrogens (primary N) is 1. The van der Waals surface area contributed by atoms with Crippen LogP contribution in [-0.2, 0) is 9.59 Å². The number of primary amides is 1. The maximum atomic E-state index is 12.3. The first-order valence-corrected chi connectivity index (χ1v) is 8.27. The van der Waals surface area contributed by atoms with Crippen molar-refractivity contribution in [1.82, 2.24) is 10.2 Å². The van der Waals surface area contributed by atoms with E-state index >= 15 is 0 Å². The topological polar surface area (TPSA) is 93.9 Å². The molecule has 0 spiro atoms. The molecule has 2 amide bonds. The fraction of sp³-hybridized carbons (Fsp3) is 0.444. The third-order valence-corrected chi connectivity index (χ3v) is 4.12. The summed E-state index contributed by atoms with van der Waals surface area (Å²) in [5, 5.41) is 3.22. The lowest BCUT2D eigenvalue weighted by molar-refractivity contribution is -0.127. The van der Waals surface area contributed by atoms with E-state index in [9.17, 15) is 9.59 Å². The maximum Gasteiger partial charge on any atom is 0.255 e. The number of rotatable bonds is 7. The molecule has 25 heavy (non-hydrogen) atoms. The van der Waals surface area contributed by atoms with Gasteiger partial charge in [-0.3, -0.25) is 9.59 Å². The van der Waals surface area contributed by atoms with Gasteiger partial charge < -0.3 is 25.4 Å². The fourth-order valence-corrected chi connectivity index (χ4v) is 2.74. The van der Waals surface area contributed by atoms with Crippen LogP contribution in [0, 0.1) is 0 Å². The van der Waals surface area contributed by atoms with E-state index in [0.29, 0.717) is 17.5 Å². The van der Waals surface area contributed by atoms with Gasteiger partial charge in [-0.15, -0.1) is 0 Å². The van der Waals surface area contributed by atoms with Crippen molar-refractivity contribution in [3.8, 4) is 11.5 Å². The van der Waals surface area contributed by atoms with E-state index < -0.39 is 5.91 Å².